The van der Waals surface area contributed by atoms with Gasteiger partial charge < -0.3 is 9.47 Å². The lowest BCUT2D eigenvalue weighted by atomic mass is 10.1. The van der Waals surface area contributed by atoms with Crippen LogP contribution in [-0.4, -0.2) is 18.0 Å². The first-order chi connectivity index (χ1) is 7.81. The summed E-state index contributed by atoms with van der Waals surface area (Å²) in [6.07, 6.45) is -0.170. The molecule has 0 N–H and O–H groups in total. The van der Waals surface area contributed by atoms with E-state index in [0.717, 1.165) is 5.56 Å². The fraction of sp³-hybridized carbons (Fsp3) is 0.385. The molecule has 1 aromatic rings. The number of aldehydes is 1. The van der Waals surface area contributed by atoms with Crippen molar-refractivity contribution in [3.8, 4) is 5.75 Å². The molecule has 0 fully saturated rings. The second kappa shape index (κ2) is 4.99. The highest BCUT2D eigenvalue weighted by Gasteiger charge is 2.19. The van der Waals surface area contributed by atoms with Crippen molar-refractivity contribution in [1.29, 1.82) is 0 Å². The molecule has 0 heterocycles. The fourth-order valence-electron chi connectivity index (χ4n) is 1.21. The normalized spacial score (nSPS) is 10.8. The van der Waals surface area contributed by atoms with Gasteiger partial charge in [0.1, 0.15) is 11.4 Å². The Balaban J connectivity index is 2.81. The van der Waals surface area contributed by atoms with E-state index in [1.807, 2.05) is 6.92 Å². The van der Waals surface area contributed by atoms with E-state index in [0.29, 0.717) is 11.8 Å². The molecule has 4 nitrogen and oxygen atoms in total. The molecule has 1 rings (SSSR count). The van der Waals surface area contributed by atoms with Crippen LogP contribution in [0.25, 0.3) is 0 Å². The Morgan fingerprint density at radius 2 is 1.94 bits per heavy atom. The van der Waals surface area contributed by atoms with Crippen LogP contribution in [0.1, 0.15) is 36.7 Å². The van der Waals surface area contributed by atoms with Crippen molar-refractivity contribution in [2.24, 2.45) is 0 Å². The number of carbonyl (C=O) groups excluding carboxylic acids is 2. The van der Waals surface area contributed by atoms with E-state index in [1.54, 1.807) is 39.0 Å². The van der Waals surface area contributed by atoms with Gasteiger partial charge in [-0.05, 0) is 39.8 Å². The smallest absolute Gasteiger partial charge is 0.428 e. The molecule has 0 amide bonds. The molecular formula is C13H16O4. The summed E-state index contributed by atoms with van der Waals surface area (Å²) in [6, 6.07) is 4.97. The van der Waals surface area contributed by atoms with E-state index in [1.165, 1.54) is 0 Å². The van der Waals surface area contributed by atoms with E-state index < -0.39 is 11.8 Å². The maximum Gasteiger partial charge on any atom is 0.514 e. The number of benzene rings is 1. The lowest BCUT2D eigenvalue weighted by molar-refractivity contribution is 0.0205. The van der Waals surface area contributed by atoms with Crippen LogP contribution in [0.4, 0.5) is 4.79 Å². The van der Waals surface area contributed by atoms with Gasteiger partial charge in [0.15, 0.2) is 6.29 Å². The van der Waals surface area contributed by atoms with Gasteiger partial charge in [-0.15, -0.1) is 0 Å². The summed E-state index contributed by atoms with van der Waals surface area (Å²) >= 11 is 0. The summed E-state index contributed by atoms with van der Waals surface area (Å²) < 4.78 is 9.97. The maximum atomic E-state index is 11.4. The van der Waals surface area contributed by atoms with Crippen LogP contribution in [0.5, 0.6) is 5.75 Å². The Kier molecular flexibility index (Phi) is 3.89. The minimum absolute atomic E-state index is 0.208. The number of hydrogen-bond acceptors (Lipinski definition) is 4. The van der Waals surface area contributed by atoms with Gasteiger partial charge in [-0.25, -0.2) is 4.79 Å². The Bertz CT molecular complexity index is 430. The topological polar surface area (TPSA) is 52.6 Å². The quantitative estimate of drug-likeness (QED) is 0.449. The fourth-order valence-corrected chi connectivity index (χ4v) is 1.21. The molecule has 0 saturated carbocycles. The summed E-state index contributed by atoms with van der Waals surface area (Å²) in [4.78, 5) is 22.2. The molecule has 4 heteroatoms. The summed E-state index contributed by atoms with van der Waals surface area (Å²) in [7, 11) is 0. The van der Waals surface area contributed by atoms with E-state index in [2.05, 4.69) is 0 Å². The second-order valence-corrected chi connectivity index (χ2v) is 4.73. The Morgan fingerprint density at radius 1 is 1.29 bits per heavy atom. The molecule has 0 unspecified atom stereocenters. The van der Waals surface area contributed by atoms with Crippen LogP contribution < -0.4 is 4.74 Å². The van der Waals surface area contributed by atoms with Crippen molar-refractivity contribution in [2.75, 3.05) is 0 Å². The number of aryl methyl sites for hydroxylation is 1. The first kappa shape index (κ1) is 13.2. The predicted octanol–water partition coefficient (Wildman–Crippen LogP) is 3.12. The Hall–Kier alpha value is -1.84. The molecule has 0 bridgehead atoms. The molecule has 0 aliphatic carbocycles. The minimum Gasteiger partial charge on any atom is -0.428 e. The minimum atomic E-state index is -0.815. The number of carbonyl (C=O) groups is 2. The summed E-state index contributed by atoms with van der Waals surface area (Å²) in [5.74, 6) is 0.208. The lowest BCUT2D eigenvalue weighted by Crippen LogP contribution is -2.26. The average Bonchev–Trinajstić information content (AvgIpc) is 2.17. The molecular weight excluding hydrogens is 220 g/mol. The molecule has 0 aromatic heterocycles. The highest BCUT2D eigenvalue weighted by molar-refractivity contribution is 5.81. The first-order valence-electron chi connectivity index (χ1n) is 5.28. The third-order valence-corrected chi connectivity index (χ3v) is 1.88. The molecule has 0 aliphatic heterocycles. The van der Waals surface area contributed by atoms with Crippen molar-refractivity contribution in [2.45, 2.75) is 33.3 Å². The molecule has 0 aliphatic rings. The standard InChI is InChI=1S/C13H16O4/c1-9-5-6-11(10(7-9)8-14)16-12(15)17-13(2,3)4/h5-8H,1-4H3. The van der Waals surface area contributed by atoms with Crippen LogP contribution in [0.3, 0.4) is 0 Å². The van der Waals surface area contributed by atoms with Crippen LogP contribution in [-0.2, 0) is 4.74 Å². The summed E-state index contributed by atoms with van der Waals surface area (Å²) in [5, 5.41) is 0. The van der Waals surface area contributed by atoms with E-state index in [4.69, 9.17) is 9.47 Å². The number of ether oxygens (including phenoxy) is 2. The van der Waals surface area contributed by atoms with Crippen LogP contribution in [0.2, 0.25) is 0 Å². The molecule has 1 aromatic carbocycles. The zero-order chi connectivity index (χ0) is 13.1. The first-order valence-corrected chi connectivity index (χ1v) is 5.28. The zero-order valence-electron chi connectivity index (χ0n) is 10.4. The van der Waals surface area contributed by atoms with Gasteiger partial charge in [0.25, 0.3) is 0 Å². The molecule has 0 spiro atoms. The third-order valence-electron chi connectivity index (χ3n) is 1.88. The largest absolute Gasteiger partial charge is 0.514 e. The third kappa shape index (κ3) is 4.26. The van der Waals surface area contributed by atoms with E-state index >= 15 is 0 Å². The average molecular weight is 236 g/mol. The maximum absolute atomic E-state index is 11.4. The van der Waals surface area contributed by atoms with Gasteiger partial charge in [-0.3, -0.25) is 4.79 Å². The number of hydrogen-bond donors (Lipinski definition) is 0. The SMILES string of the molecule is Cc1ccc(OC(=O)OC(C)(C)C)c(C=O)c1. The van der Waals surface area contributed by atoms with Gasteiger partial charge in [0, 0.05) is 0 Å². The van der Waals surface area contributed by atoms with Gasteiger partial charge in [0.2, 0.25) is 0 Å². The van der Waals surface area contributed by atoms with Gasteiger partial charge in [-0.1, -0.05) is 11.6 Å². The van der Waals surface area contributed by atoms with Crippen LogP contribution in [0.15, 0.2) is 18.2 Å². The second-order valence-electron chi connectivity index (χ2n) is 4.73. The molecule has 0 saturated heterocycles. The molecule has 17 heavy (non-hydrogen) atoms. The van der Waals surface area contributed by atoms with Crippen LogP contribution >= 0.6 is 0 Å². The lowest BCUT2D eigenvalue weighted by Gasteiger charge is -2.19. The number of rotatable bonds is 2. The van der Waals surface area contributed by atoms with Crippen molar-refractivity contribution in [3.63, 3.8) is 0 Å². The Labute approximate surface area is 101 Å². The van der Waals surface area contributed by atoms with Gasteiger partial charge in [-0.2, -0.15) is 0 Å². The predicted molar refractivity (Wildman–Crippen MR) is 63.4 cm³/mol. The Morgan fingerprint density at radius 3 is 2.47 bits per heavy atom. The molecule has 0 radical (unpaired) electrons. The van der Waals surface area contributed by atoms with E-state index in [-0.39, 0.29) is 5.75 Å². The van der Waals surface area contributed by atoms with Crippen molar-refractivity contribution in [3.05, 3.63) is 29.3 Å². The van der Waals surface area contributed by atoms with Crippen LogP contribution in [0, 0.1) is 6.92 Å². The zero-order valence-corrected chi connectivity index (χ0v) is 10.4. The van der Waals surface area contributed by atoms with Gasteiger partial charge in [0.05, 0.1) is 5.56 Å². The van der Waals surface area contributed by atoms with Gasteiger partial charge >= 0.3 is 6.16 Å². The van der Waals surface area contributed by atoms with E-state index in [9.17, 15) is 9.59 Å². The van der Waals surface area contributed by atoms with Crippen molar-refractivity contribution >= 4 is 12.4 Å². The van der Waals surface area contributed by atoms with Crippen molar-refractivity contribution < 1.29 is 19.1 Å². The molecule has 0 atom stereocenters. The summed E-state index contributed by atoms with van der Waals surface area (Å²) in [5.41, 5.74) is 0.628. The monoisotopic (exact) mass is 236 g/mol. The molecule has 92 valence electrons. The summed E-state index contributed by atoms with van der Waals surface area (Å²) in [6.45, 7) is 7.07. The highest BCUT2D eigenvalue weighted by Crippen LogP contribution is 2.19. The van der Waals surface area contributed by atoms with Crippen molar-refractivity contribution in [1.82, 2.24) is 0 Å². The highest BCUT2D eigenvalue weighted by atomic mass is 16.7.